The molecule has 0 radical (unpaired) electrons. The van der Waals surface area contributed by atoms with Crippen molar-refractivity contribution in [1.29, 1.82) is 0 Å². The first-order valence-electron chi connectivity index (χ1n) is 10.1. The van der Waals surface area contributed by atoms with Crippen LogP contribution in [0.1, 0.15) is 47.9 Å². The van der Waals surface area contributed by atoms with E-state index in [1.54, 1.807) is 12.1 Å². The summed E-state index contributed by atoms with van der Waals surface area (Å²) in [6, 6.07) is 11.5. The number of carbonyl (C=O) groups is 1. The monoisotopic (exact) mass is 430 g/mol. The second kappa shape index (κ2) is 8.23. The highest BCUT2D eigenvalue weighted by Gasteiger charge is 2.29. The molecule has 1 aromatic carbocycles. The Hall–Kier alpha value is -2.65. The molecule has 1 amide bonds. The van der Waals surface area contributed by atoms with Gasteiger partial charge in [0.15, 0.2) is 5.76 Å². The van der Waals surface area contributed by atoms with Crippen molar-refractivity contribution in [3.63, 3.8) is 0 Å². The van der Waals surface area contributed by atoms with Crippen molar-refractivity contribution in [3.8, 4) is 0 Å². The van der Waals surface area contributed by atoms with Gasteiger partial charge in [-0.1, -0.05) is 19.1 Å². The number of nitrogens with one attached hydrogen (secondary N) is 1. The van der Waals surface area contributed by atoms with Crippen molar-refractivity contribution in [1.82, 2.24) is 19.2 Å². The summed E-state index contributed by atoms with van der Waals surface area (Å²) in [5.74, 6) is 1.49. The van der Waals surface area contributed by atoms with Crippen LogP contribution in [0, 0.1) is 0 Å². The number of para-hydroxylation sites is 2. The van der Waals surface area contributed by atoms with Crippen LogP contribution in [-0.2, 0) is 23.0 Å². The van der Waals surface area contributed by atoms with E-state index in [2.05, 4.69) is 22.3 Å². The van der Waals surface area contributed by atoms with Crippen molar-refractivity contribution in [2.45, 2.75) is 38.8 Å². The van der Waals surface area contributed by atoms with Crippen LogP contribution in [0.15, 0.2) is 40.8 Å². The van der Waals surface area contributed by atoms with Crippen LogP contribution in [-0.4, -0.2) is 48.1 Å². The summed E-state index contributed by atoms with van der Waals surface area (Å²) in [6.45, 7) is 3.37. The molecular weight excluding hydrogens is 404 g/mol. The molecule has 1 fully saturated rings. The first kappa shape index (κ1) is 20.6. The van der Waals surface area contributed by atoms with E-state index in [-0.39, 0.29) is 24.3 Å². The lowest BCUT2D eigenvalue weighted by molar-refractivity contribution is 0.0646. The van der Waals surface area contributed by atoms with E-state index in [0.717, 1.165) is 42.4 Å². The molecule has 160 valence electrons. The van der Waals surface area contributed by atoms with Crippen LogP contribution >= 0.6 is 0 Å². The zero-order valence-electron chi connectivity index (χ0n) is 17.2. The van der Waals surface area contributed by atoms with Crippen molar-refractivity contribution >= 4 is 27.0 Å². The summed E-state index contributed by atoms with van der Waals surface area (Å²) in [4.78, 5) is 19.6. The molecule has 0 bridgehead atoms. The number of rotatable bonds is 6. The lowest BCUT2D eigenvalue weighted by Gasteiger charge is -2.34. The number of amides is 1. The number of likely N-dealkylation sites (tertiary alicyclic amines) is 1. The van der Waals surface area contributed by atoms with Gasteiger partial charge in [-0.3, -0.25) is 4.79 Å². The largest absolute Gasteiger partial charge is 0.455 e. The fraction of sp³-hybridized carbons (Fsp3) is 0.429. The number of fused-ring (bicyclic) bond motifs is 1. The number of hydrogen-bond donors (Lipinski definition) is 1. The van der Waals surface area contributed by atoms with Crippen molar-refractivity contribution in [3.05, 3.63) is 53.7 Å². The third-order valence-electron chi connectivity index (χ3n) is 5.41. The summed E-state index contributed by atoms with van der Waals surface area (Å²) in [6.07, 6.45) is 3.79. The zero-order chi connectivity index (χ0) is 21.3. The van der Waals surface area contributed by atoms with E-state index in [1.165, 1.54) is 0 Å². The third-order valence-corrected chi connectivity index (χ3v) is 6.08. The van der Waals surface area contributed by atoms with Crippen molar-refractivity contribution in [2.24, 2.45) is 0 Å². The topological polar surface area (TPSA) is 97.4 Å². The number of benzene rings is 1. The highest BCUT2D eigenvalue weighted by atomic mass is 32.2. The van der Waals surface area contributed by atoms with E-state index < -0.39 is 10.0 Å². The van der Waals surface area contributed by atoms with Crippen LogP contribution in [0.3, 0.4) is 0 Å². The van der Waals surface area contributed by atoms with Gasteiger partial charge in [-0.15, -0.1) is 0 Å². The molecule has 0 spiro atoms. The normalized spacial score (nSPS) is 17.5. The molecule has 3 heterocycles. The Morgan fingerprint density at radius 3 is 2.83 bits per heavy atom. The smallest absolute Gasteiger partial charge is 0.289 e. The Balaban J connectivity index is 1.52. The predicted octanol–water partition coefficient (Wildman–Crippen LogP) is 2.72. The average Bonchev–Trinajstić information content (AvgIpc) is 3.35. The number of carbonyl (C=O) groups excluding carboxylic acids is 1. The number of hydrogen-bond acceptors (Lipinski definition) is 5. The molecule has 4 rings (SSSR count). The third kappa shape index (κ3) is 4.27. The Bertz CT molecular complexity index is 1160. The lowest BCUT2D eigenvalue weighted by atomic mass is 10.0. The highest BCUT2D eigenvalue weighted by molar-refractivity contribution is 7.88. The predicted molar refractivity (Wildman–Crippen MR) is 114 cm³/mol. The van der Waals surface area contributed by atoms with Gasteiger partial charge in [0, 0.05) is 19.5 Å². The Labute approximate surface area is 175 Å². The van der Waals surface area contributed by atoms with E-state index in [9.17, 15) is 13.2 Å². The number of imidazole rings is 1. The summed E-state index contributed by atoms with van der Waals surface area (Å²) < 4.78 is 32.7. The quantitative estimate of drug-likeness (QED) is 0.648. The van der Waals surface area contributed by atoms with Gasteiger partial charge in [-0.05, 0) is 37.1 Å². The molecule has 3 aromatic rings. The molecule has 0 saturated carbocycles. The van der Waals surface area contributed by atoms with E-state index in [4.69, 9.17) is 9.40 Å². The summed E-state index contributed by atoms with van der Waals surface area (Å²) >= 11 is 0. The van der Waals surface area contributed by atoms with Gasteiger partial charge in [0.1, 0.15) is 11.6 Å². The average molecular weight is 431 g/mol. The Kier molecular flexibility index (Phi) is 5.66. The van der Waals surface area contributed by atoms with Gasteiger partial charge >= 0.3 is 0 Å². The zero-order valence-corrected chi connectivity index (χ0v) is 18.0. The minimum absolute atomic E-state index is 0.0234. The van der Waals surface area contributed by atoms with Crippen LogP contribution in [0.4, 0.5) is 0 Å². The Morgan fingerprint density at radius 1 is 1.27 bits per heavy atom. The number of piperidine rings is 1. The highest BCUT2D eigenvalue weighted by Crippen LogP contribution is 2.29. The van der Waals surface area contributed by atoms with Gasteiger partial charge in [0.05, 0.1) is 29.9 Å². The van der Waals surface area contributed by atoms with E-state index >= 15 is 0 Å². The summed E-state index contributed by atoms with van der Waals surface area (Å²) in [5.41, 5.74) is 2.08. The molecule has 1 aliphatic heterocycles. The van der Waals surface area contributed by atoms with E-state index in [1.807, 2.05) is 23.1 Å². The molecule has 1 atom stereocenters. The summed E-state index contributed by atoms with van der Waals surface area (Å²) in [7, 11) is -3.32. The fourth-order valence-electron chi connectivity index (χ4n) is 4.05. The van der Waals surface area contributed by atoms with Crippen molar-refractivity contribution < 1.29 is 17.6 Å². The van der Waals surface area contributed by atoms with Crippen LogP contribution in [0.25, 0.3) is 11.0 Å². The number of aryl methyl sites for hydroxylation is 1. The maximum Gasteiger partial charge on any atom is 0.289 e. The van der Waals surface area contributed by atoms with Gasteiger partial charge in [-0.2, -0.15) is 0 Å². The molecule has 1 aliphatic rings. The second-order valence-electron chi connectivity index (χ2n) is 7.65. The summed E-state index contributed by atoms with van der Waals surface area (Å²) in [5, 5.41) is 0. The van der Waals surface area contributed by atoms with Crippen LogP contribution in [0.5, 0.6) is 0 Å². The van der Waals surface area contributed by atoms with Crippen LogP contribution < -0.4 is 4.72 Å². The van der Waals surface area contributed by atoms with Gasteiger partial charge < -0.3 is 13.9 Å². The molecular formula is C21H26N4O4S. The number of furan rings is 1. The molecule has 9 heteroatoms. The lowest BCUT2D eigenvalue weighted by Crippen LogP contribution is -2.40. The molecule has 1 unspecified atom stereocenters. The second-order valence-corrected chi connectivity index (χ2v) is 9.48. The van der Waals surface area contributed by atoms with Crippen molar-refractivity contribution in [2.75, 3.05) is 19.3 Å². The van der Waals surface area contributed by atoms with Gasteiger partial charge in [0.2, 0.25) is 10.0 Å². The molecule has 8 nitrogen and oxygen atoms in total. The minimum Gasteiger partial charge on any atom is -0.455 e. The number of aromatic nitrogens is 2. The van der Waals surface area contributed by atoms with E-state index in [0.29, 0.717) is 18.8 Å². The molecule has 30 heavy (non-hydrogen) atoms. The van der Waals surface area contributed by atoms with Gasteiger partial charge in [0.25, 0.3) is 5.91 Å². The fourth-order valence-corrected chi connectivity index (χ4v) is 4.45. The molecule has 2 aromatic heterocycles. The first-order valence-corrected chi connectivity index (χ1v) is 12.0. The maximum atomic E-state index is 13.0. The maximum absolute atomic E-state index is 13.0. The minimum atomic E-state index is -3.32. The molecule has 1 saturated heterocycles. The first-order chi connectivity index (χ1) is 14.4. The number of sulfonamides is 1. The number of nitrogens with zero attached hydrogens (tertiary/aromatic N) is 3. The molecule has 1 N–H and O–H groups in total. The standard InChI is InChI=1S/C21H26N4O4S/c1-3-20-23-17-8-4-5-9-18(17)25(20)15-7-6-12-24(14-15)21(26)19-11-10-16(29-19)13-22-30(2,27)28/h4-5,8-11,15,22H,3,6-7,12-14H2,1-2H3. The van der Waals surface area contributed by atoms with Gasteiger partial charge in [-0.25, -0.2) is 18.1 Å². The van der Waals surface area contributed by atoms with Crippen LogP contribution in [0.2, 0.25) is 0 Å². The Morgan fingerprint density at radius 2 is 2.07 bits per heavy atom. The SMILES string of the molecule is CCc1nc2ccccc2n1C1CCCN(C(=O)c2ccc(CNS(C)(=O)=O)o2)C1. The molecule has 0 aliphatic carbocycles.